The standard InChI is InChI=1S/C27H24O6/c1-15-4-5-18(12-16(15)2)21(13-24(30)32-3)25-23(29)11-10-20-26(31)22(14-33-27(20)25)17-6-8-19(28)9-7-17/h4-12,14,21,28-29H,13H2,1-3H3/t21-/m0/s1. The molecule has 1 heterocycles. The van der Waals surface area contributed by atoms with E-state index in [2.05, 4.69) is 0 Å². The number of benzene rings is 3. The van der Waals surface area contributed by atoms with Crippen molar-refractivity contribution in [3.05, 3.63) is 93.3 Å². The maximum absolute atomic E-state index is 13.3. The molecule has 33 heavy (non-hydrogen) atoms. The number of aromatic hydroxyl groups is 2. The van der Waals surface area contributed by atoms with E-state index in [9.17, 15) is 19.8 Å². The average molecular weight is 444 g/mol. The predicted molar refractivity (Wildman–Crippen MR) is 126 cm³/mol. The van der Waals surface area contributed by atoms with Gasteiger partial charge >= 0.3 is 5.97 Å². The molecule has 2 N–H and O–H groups in total. The molecule has 0 radical (unpaired) electrons. The van der Waals surface area contributed by atoms with Gasteiger partial charge in [0.1, 0.15) is 23.3 Å². The van der Waals surface area contributed by atoms with Crippen molar-refractivity contribution < 1.29 is 24.2 Å². The molecular weight excluding hydrogens is 420 g/mol. The van der Waals surface area contributed by atoms with Gasteiger partial charge in [0, 0.05) is 11.5 Å². The van der Waals surface area contributed by atoms with Gasteiger partial charge in [0.2, 0.25) is 5.43 Å². The summed E-state index contributed by atoms with van der Waals surface area (Å²) in [6.45, 7) is 3.97. The van der Waals surface area contributed by atoms with Crippen LogP contribution in [0, 0.1) is 13.8 Å². The monoisotopic (exact) mass is 444 g/mol. The van der Waals surface area contributed by atoms with Crippen molar-refractivity contribution >= 4 is 16.9 Å². The molecule has 6 heteroatoms. The van der Waals surface area contributed by atoms with Crippen molar-refractivity contribution in [2.45, 2.75) is 26.2 Å². The van der Waals surface area contributed by atoms with E-state index in [0.29, 0.717) is 16.7 Å². The molecule has 6 nitrogen and oxygen atoms in total. The van der Waals surface area contributed by atoms with Gasteiger partial charge in [0.15, 0.2) is 0 Å². The fourth-order valence-electron chi connectivity index (χ4n) is 4.01. The summed E-state index contributed by atoms with van der Waals surface area (Å²) < 4.78 is 10.8. The molecule has 168 valence electrons. The quantitative estimate of drug-likeness (QED) is 0.412. The van der Waals surface area contributed by atoms with Crippen LogP contribution in [0.5, 0.6) is 11.5 Å². The number of hydrogen-bond acceptors (Lipinski definition) is 6. The van der Waals surface area contributed by atoms with Crippen LogP contribution in [-0.4, -0.2) is 23.3 Å². The lowest BCUT2D eigenvalue weighted by Crippen LogP contribution is -2.13. The van der Waals surface area contributed by atoms with Crippen molar-refractivity contribution in [3.63, 3.8) is 0 Å². The molecule has 4 rings (SSSR count). The predicted octanol–water partition coefficient (Wildman–Crippen LogP) is 5.18. The molecule has 0 unspecified atom stereocenters. The maximum Gasteiger partial charge on any atom is 0.306 e. The van der Waals surface area contributed by atoms with Crippen LogP contribution >= 0.6 is 0 Å². The molecule has 0 aliphatic heterocycles. The highest BCUT2D eigenvalue weighted by Gasteiger charge is 2.27. The van der Waals surface area contributed by atoms with E-state index in [-0.39, 0.29) is 34.3 Å². The second-order valence-corrected chi connectivity index (χ2v) is 8.08. The Morgan fingerprint density at radius 3 is 2.39 bits per heavy atom. The lowest BCUT2D eigenvalue weighted by molar-refractivity contribution is -0.140. The van der Waals surface area contributed by atoms with Crippen LogP contribution in [0.4, 0.5) is 0 Å². The molecule has 3 aromatic carbocycles. The molecule has 0 aliphatic rings. The highest BCUT2D eigenvalue weighted by molar-refractivity contribution is 5.87. The van der Waals surface area contributed by atoms with Crippen LogP contribution in [0.2, 0.25) is 0 Å². The smallest absolute Gasteiger partial charge is 0.306 e. The number of hydrogen-bond donors (Lipinski definition) is 2. The minimum absolute atomic E-state index is 0.0326. The first-order chi connectivity index (χ1) is 15.8. The number of phenolic OH excluding ortho intramolecular Hbond substituents is 2. The van der Waals surface area contributed by atoms with Crippen molar-refractivity contribution in [2.75, 3.05) is 7.11 Å². The number of phenols is 2. The van der Waals surface area contributed by atoms with Gasteiger partial charge in [-0.25, -0.2) is 0 Å². The van der Waals surface area contributed by atoms with Gasteiger partial charge in [-0.05, 0) is 60.4 Å². The van der Waals surface area contributed by atoms with E-state index in [1.807, 2.05) is 32.0 Å². The number of esters is 1. The summed E-state index contributed by atoms with van der Waals surface area (Å²) in [5.74, 6) is -1.01. The molecule has 0 saturated heterocycles. The van der Waals surface area contributed by atoms with Crippen molar-refractivity contribution in [3.8, 4) is 22.6 Å². The maximum atomic E-state index is 13.3. The molecule has 0 bridgehead atoms. The molecule has 1 atom stereocenters. The summed E-state index contributed by atoms with van der Waals surface area (Å²) in [4.78, 5) is 25.6. The fourth-order valence-corrected chi connectivity index (χ4v) is 4.01. The minimum Gasteiger partial charge on any atom is -0.508 e. The Labute approximate surface area is 190 Å². The lowest BCUT2D eigenvalue weighted by atomic mass is 9.85. The summed E-state index contributed by atoms with van der Waals surface area (Å²) in [5.41, 5.74) is 4.16. The second kappa shape index (κ2) is 8.82. The average Bonchev–Trinajstić information content (AvgIpc) is 2.80. The van der Waals surface area contributed by atoms with Crippen molar-refractivity contribution in [1.29, 1.82) is 0 Å². The number of rotatable bonds is 5. The van der Waals surface area contributed by atoms with Gasteiger partial charge in [0.25, 0.3) is 0 Å². The zero-order valence-electron chi connectivity index (χ0n) is 18.6. The summed E-state index contributed by atoms with van der Waals surface area (Å²) >= 11 is 0. The fraction of sp³-hybridized carbons (Fsp3) is 0.185. The van der Waals surface area contributed by atoms with Gasteiger partial charge in [-0.1, -0.05) is 30.3 Å². The Bertz CT molecular complexity index is 1400. The summed E-state index contributed by atoms with van der Waals surface area (Å²) in [6, 6.07) is 15.0. The molecule has 1 aromatic heterocycles. The highest BCUT2D eigenvalue weighted by atomic mass is 16.5. The van der Waals surface area contributed by atoms with Crippen LogP contribution in [-0.2, 0) is 9.53 Å². The van der Waals surface area contributed by atoms with E-state index in [0.717, 1.165) is 16.7 Å². The van der Waals surface area contributed by atoms with Crippen LogP contribution < -0.4 is 5.43 Å². The third-order valence-electron chi connectivity index (χ3n) is 6.02. The van der Waals surface area contributed by atoms with Gasteiger partial charge in [-0.3, -0.25) is 9.59 Å². The number of methoxy groups -OCH3 is 1. The third-order valence-corrected chi connectivity index (χ3v) is 6.02. The van der Waals surface area contributed by atoms with Crippen molar-refractivity contribution in [2.24, 2.45) is 0 Å². The van der Waals surface area contributed by atoms with Crippen LogP contribution in [0.25, 0.3) is 22.1 Å². The Morgan fingerprint density at radius 2 is 1.73 bits per heavy atom. The number of aryl methyl sites for hydroxylation is 2. The summed E-state index contributed by atoms with van der Waals surface area (Å²) in [7, 11) is 1.31. The van der Waals surface area contributed by atoms with Crippen LogP contribution in [0.1, 0.15) is 34.6 Å². The normalized spacial score (nSPS) is 12.0. The van der Waals surface area contributed by atoms with Gasteiger partial charge in [-0.2, -0.15) is 0 Å². The van der Waals surface area contributed by atoms with E-state index >= 15 is 0 Å². The summed E-state index contributed by atoms with van der Waals surface area (Å²) in [6.07, 6.45) is 1.31. The zero-order chi connectivity index (χ0) is 23.7. The molecular formula is C27H24O6. The van der Waals surface area contributed by atoms with Gasteiger partial charge in [-0.15, -0.1) is 0 Å². The Balaban J connectivity index is 1.94. The number of ether oxygens (including phenoxy) is 1. The van der Waals surface area contributed by atoms with Gasteiger partial charge in [0.05, 0.1) is 24.5 Å². The number of carbonyl (C=O) groups is 1. The number of carbonyl (C=O) groups excluding carboxylic acids is 1. The van der Waals surface area contributed by atoms with Crippen molar-refractivity contribution in [1.82, 2.24) is 0 Å². The SMILES string of the molecule is COC(=O)C[C@@H](c1ccc(C)c(C)c1)c1c(O)ccc2c(=O)c(-c3ccc(O)cc3)coc12. The van der Waals surface area contributed by atoms with E-state index in [1.54, 1.807) is 12.1 Å². The molecule has 0 aliphatic carbocycles. The highest BCUT2D eigenvalue weighted by Crippen LogP contribution is 2.39. The van der Waals surface area contributed by atoms with E-state index in [4.69, 9.17) is 9.15 Å². The first-order valence-corrected chi connectivity index (χ1v) is 10.5. The third kappa shape index (κ3) is 4.20. The molecule has 0 spiro atoms. The Morgan fingerprint density at radius 1 is 1.00 bits per heavy atom. The van der Waals surface area contributed by atoms with Crippen LogP contribution in [0.15, 0.2) is 70.1 Å². The zero-order valence-corrected chi connectivity index (χ0v) is 18.6. The molecule has 4 aromatic rings. The van der Waals surface area contributed by atoms with Gasteiger partial charge < -0.3 is 19.4 Å². The van der Waals surface area contributed by atoms with Crippen LogP contribution in [0.3, 0.4) is 0 Å². The first kappa shape index (κ1) is 22.1. The second-order valence-electron chi connectivity index (χ2n) is 8.08. The topological polar surface area (TPSA) is 97.0 Å². The van der Waals surface area contributed by atoms with E-state index < -0.39 is 11.9 Å². The van der Waals surface area contributed by atoms with E-state index in [1.165, 1.54) is 37.6 Å². The largest absolute Gasteiger partial charge is 0.508 e. The molecule has 0 fully saturated rings. The Hall–Kier alpha value is -4.06. The molecule has 0 amide bonds. The first-order valence-electron chi connectivity index (χ1n) is 10.5. The summed E-state index contributed by atoms with van der Waals surface area (Å²) in [5, 5.41) is 20.6. The number of fused-ring (bicyclic) bond motifs is 1. The minimum atomic E-state index is -0.580. The lowest BCUT2D eigenvalue weighted by Gasteiger charge is -2.20. The molecule has 0 saturated carbocycles. The Kier molecular flexibility index (Phi) is 5.92.